The summed E-state index contributed by atoms with van der Waals surface area (Å²) in [6.07, 6.45) is 14.9. The van der Waals surface area contributed by atoms with E-state index in [0.29, 0.717) is 22.6 Å². The normalized spacial score (nSPS) is 17.5. The Kier molecular flexibility index (Phi) is 30.0. The number of allylic oxidation sites excluding steroid dienone is 6. The molecule has 366 valence electrons. The maximum absolute atomic E-state index is 12.3. The van der Waals surface area contributed by atoms with Gasteiger partial charge in [-0.25, -0.2) is 0 Å². The number of phenols is 2. The van der Waals surface area contributed by atoms with Gasteiger partial charge in [0, 0.05) is 23.0 Å². The average molecular weight is 1130 g/mol. The second kappa shape index (κ2) is 31.9. The number of carbonyl (C=O) groups is 4. The van der Waals surface area contributed by atoms with Crippen LogP contribution in [0.3, 0.4) is 0 Å². The minimum Gasteiger partial charge on any atom is -0.693 e. The van der Waals surface area contributed by atoms with Crippen molar-refractivity contribution >= 4 is 42.7 Å². The van der Waals surface area contributed by atoms with Gasteiger partial charge in [0.15, 0.2) is 0 Å². The Morgan fingerprint density at radius 3 is 1.28 bits per heavy atom. The van der Waals surface area contributed by atoms with E-state index in [1.807, 2.05) is 26.0 Å². The third-order valence-corrected chi connectivity index (χ3v) is 11.5. The molecule has 0 radical (unpaired) electrons. The van der Waals surface area contributed by atoms with Gasteiger partial charge in [0.2, 0.25) is 0 Å². The van der Waals surface area contributed by atoms with Crippen LogP contribution in [0.15, 0.2) is 71.9 Å². The summed E-state index contributed by atoms with van der Waals surface area (Å²) in [6.45, 7) is 20.6. The smallest absolute Gasteiger partial charge is 0.693 e. The number of phenolic OH excluding ortho intramolecular Hbond substituents is 2. The second-order valence-electron chi connectivity index (χ2n) is 16.8. The van der Waals surface area contributed by atoms with Crippen molar-refractivity contribution in [2.75, 3.05) is 0 Å². The summed E-state index contributed by atoms with van der Waals surface area (Å²) in [7, 11) is 9.75. The van der Waals surface area contributed by atoms with Gasteiger partial charge in [-0.1, -0.05) is 87.1 Å². The molecular weight excluding hydrogens is 1050 g/mol. The van der Waals surface area contributed by atoms with Gasteiger partial charge in [-0.3, -0.25) is 19.2 Å². The number of aliphatic carboxylic acids is 2. The van der Waals surface area contributed by atoms with Crippen molar-refractivity contribution in [3.8, 4) is 23.0 Å². The number of benzene rings is 2. The van der Waals surface area contributed by atoms with Gasteiger partial charge >= 0.3 is 59.2 Å². The molecule has 2 aromatic carbocycles. The number of carboxylic acids is 2. The van der Waals surface area contributed by atoms with Crippen LogP contribution in [0.4, 0.5) is 0 Å². The summed E-state index contributed by atoms with van der Waals surface area (Å²) in [5.74, 6) is -2.39. The number of carboxylic acid groups (broad SMARTS) is 2. The molecule has 0 amide bonds. The summed E-state index contributed by atoms with van der Waals surface area (Å²) in [4.78, 5) is 46.3. The summed E-state index contributed by atoms with van der Waals surface area (Å²) in [6, 6.07) is 7.20. The minimum absolute atomic E-state index is 0. The number of unbranched alkanes of at least 4 members (excludes halogenated alkanes) is 4. The third kappa shape index (κ3) is 21.1. The Morgan fingerprint density at radius 2 is 0.985 bits per heavy atom. The Morgan fingerprint density at radius 1 is 0.646 bits per heavy atom. The number of nitrogens with two attached hydrogens (primary N) is 2. The molecule has 0 saturated carbocycles. The predicted molar refractivity (Wildman–Crippen MR) is 258 cm³/mol. The zero-order valence-electron chi connectivity index (χ0n) is 39.0. The van der Waals surface area contributed by atoms with Crippen LogP contribution < -0.4 is 9.47 Å². The standard InChI is InChI=1S/2C25H34O5.2ClH.2H2N.Pt/c2*1-5-6-7-8-18-14-21(26)25(20-13-17(4)9-10-19(20)16(2)3)22(15-18)30-24(29)12-11-23(27)28;;;;;/h2*13-15,19-20,26H,2,5-12H2,1,3-4H3,(H,27,28);2*1H;2*1H2;/q;;;;2*-1;+4/p-2/t2*19-,20+;;;;;/m11...../s1. The first-order valence-electron chi connectivity index (χ1n) is 21.9. The maximum atomic E-state index is 12.3. The Hall–Kier alpha value is -3.93. The number of halogens is 2. The molecule has 0 bridgehead atoms. The molecule has 8 N–H and O–H groups in total. The van der Waals surface area contributed by atoms with E-state index in [1.54, 1.807) is 12.1 Å². The van der Waals surface area contributed by atoms with Crippen LogP contribution in [0.25, 0.3) is 12.3 Å². The van der Waals surface area contributed by atoms with Gasteiger partial charge in [-0.05, 0) is 126 Å². The fourth-order valence-corrected chi connectivity index (χ4v) is 8.20. The van der Waals surface area contributed by atoms with Crippen molar-refractivity contribution in [2.45, 2.75) is 156 Å². The number of hydrogen-bond acceptors (Lipinski definition) is 8. The Bertz CT molecular complexity index is 1830. The zero-order valence-corrected chi connectivity index (χ0v) is 42.8. The van der Waals surface area contributed by atoms with Crippen molar-refractivity contribution in [1.82, 2.24) is 0 Å². The van der Waals surface area contributed by atoms with Crippen molar-refractivity contribution in [3.05, 3.63) is 106 Å². The Balaban J connectivity index is 0.00000115. The van der Waals surface area contributed by atoms with Gasteiger partial charge in [-0.15, -0.1) is 0 Å². The molecule has 0 spiro atoms. The zero-order chi connectivity index (χ0) is 47.2. The van der Waals surface area contributed by atoms with Gasteiger partial charge in [-0.2, -0.15) is 0 Å². The quantitative estimate of drug-likeness (QED) is 0.0423. The average Bonchev–Trinajstić information content (AvgIpc) is 3.19. The maximum Gasteiger partial charge on any atom is -0.693 e. The molecule has 4 rings (SSSR count). The monoisotopic (exact) mass is 1130 g/mol. The molecule has 2 aliphatic carbocycles. The summed E-state index contributed by atoms with van der Waals surface area (Å²) in [5, 5.41) is 39.6. The number of aryl methyl sites for hydroxylation is 2. The summed E-state index contributed by atoms with van der Waals surface area (Å²) in [5.41, 5.74) is 7.51. The van der Waals surface area contributed by atoms with Crippen LogP contribution in [0.2, 0.25) is 0 Å². The van der Waals surface area contributed by atoms with Crippen molar-refractivity contribution in [1.29, 1.82) is 0 Å². The van der Waals surface area contributed by atoms with E-state index in [0.717, 1.165) is 99.3 Å². The van der Waals surface area contributed by atoms with E-state index in [2.05, 4.69) is 53.0 Å². The second-order valence-corrected chi connectivity index (χ2v) is 20.1. The number of hydrogen-bond donors (Lipinski definition) is 4. The fourth-order valence-electron chi connectivity index (χ4n) is 8.20. The summed E-state index contributed by atoms with van der Waals surface area (Å²) >= 11 is -0.472. The van der Waals surface area contributed by atoms with Crippen molar-refractivity contribution in [3.63, 3.8) is 0 Å². The first-order valence-corrected chi connectivity index (χ1v) is 27.5. The van der Waals surface area contributed by atoms with Crippen LogP contribution in [0, 0.1) is 11.8 Å². The molecule has 0 aliphatic heterocycles. The topological polar surface area (TPSA) is 235 Å². The first-order chi connectivity index (χ1) is 29.9. The molecule has 65 heavy (non-hydrogen) atoms. The predicted octanol–water partition coefficient (Wildman–Crippen LogP) is 14.6. The van der Waals surface area contributed by atoms with Crippen LogP contribution in [-0.2, 0) is 48.5 Å². The van der Waals surface area contributed by atoms with Crippen LogP contribution in [-0.4, -0.2) is 44.3 Å². The number of aromatic hydroxyl groups is 2. The molecule has 2 aromatic rings. The fraction of sp³-hybridized carbons (Fsp3) is 0.520. The molecule has 0 heterocycles. The van der Waals surface area contributed by atoms with E-state index >= 15 is 0 Å². The SMILES string of the molecule is C=C(C)[C@H]1CCC(C)=C[C@@H]1c1c(O)cc(CCCCC)cc1OC(=O)CCC(=O)O.C=C(C)[C@H]1CCC(C)=C[C@@H]1c1c(O)cc(CCCCC)cc1OC(=O)CCC(=O)O.[Cl][Pt+2][Cl].[NH2-].[NH2-]. The number of rotatable bonds is 20. The molecule has 2 aliphatic rings. The number of ether oxygens (including phenoxy) is 2. The minimum atomic E-state index is -1.04. The van der Waals surface area contributed by atoms with Gasteiger partial charge in [0.25, 0.3) is 0 Å². The molecule has 0 aromatic heterocycles. The molecule has 12 nitrogen and oxygen atoms in total. The Labute approximate surface area is 403 Å². The molecular formula is C50H72Cl2N2O10Pt. The van der Waals surface area contributed by atoms with Gasteiger partial charge in [0.1, 0.15) is 23.0 Å². The van der Waals surface area contributed by atoms with Crippen molar-refractivity contribution in [2.24, 2.45) is 11.8 Å². The molecule has 0 fully saturated rings. The van der Waals surface area contributed by atoms with E-state index in [9.17, 15) is 29.4 Å². The van der Waals surface area contributed by atoms with E-state index < -0.39 is 40.4 Å². The molecule has 4 atom stereocenters. The third-order valence-electron chi connectivity index (χ3n) is 11.5. The van der Waals surface area contributed by atoms with E-state index in [1.165, 1.54) is 11.1 Å². The molecule has 15 heteroatoms. The van der Waals surface area contributed by atoms with Crippen LogP contribution >= 0.6 is 18.8 Å². The van der Waals surface area contributed by atoms with E-state index in [4.69, 9.17) is 38.5 Å². The van der Waals surface area contributed by atoms with Crippen LogP contribution in [0.1, 0.15) is 166 Å². The number of esters is 2. The number of carbonyl (C=O) groups excluding carboxylic acids is 2. The molecule has 0 saturated heterocycles. The van der Waals surface area contributed by atoms with Gasteiger partial charge in [0.05, 0.1) is 25.7 Å². The van der Waals surface area contributed by atoms with E-state index in [-0.39, 0.29) is 73.2 Å². The first kappa shape index (κ1) is 61.1. The van der Waals surface area contributed by atoms with Gasteiger partial charge < -0.3 is 42.2 Å². The summed E-state index contributed by atoms with van der Waals surface area (Å²) < 4.78 is 11.2. The largest absolute Gasteiger partial charge is 0.693 e. The van der Waals surface area contributed by atoms with Crippen molar-refractivity contribution < 1.29 is 65.6 Å². The molecule has 0 unspecified atom stereocenters. The van der Waals surface area contributed by atoms with Crippen LogP contribution in [0.5, 0.6) is 23.0 Å².